The van der Waals surface area contributed by atoms with Crippen molar-refractivity contribution in [3.05, 3.63) is 52.1 Å². The predicted molar refractivity (Wildman–Crippen MR) is 66.7 cm³/mol. The standard InChI is InChI=1S/C12H9Cl2NO2/c13-9-3-10(14)5-11(4-9)17-12-2-1-8(7-16)6-15-12/h1-6,16H,7H2. The summed E-state index contributed by atoms with van der Waals surface area (Å²) in [7, 11) is 0. The van der Waals surface area contributed by atoms with Crippen molar-refractivity contribution in [3.8, 4) is 11.6 Å². The maximum absolute atomic E-state index is 8.88. The number of aromatic nitrogens is 1. The Labute approximate surface area is 109 Å². The van der Waals surface area contributed by atoms with Gasteiger partial charge in [0.1, 0.15) is 5.75 Å². The first kappa shape index (κ1) is 12.2. The van der Waals surface area contributed by atoms with E-state index in [2.05, 4.69) is 4.98 Å². The van der Waals surface area contributed by atoms with E-state index in [1.165, 1.54) is 0 Å². The van der Waals surface area contributed by atoms with Crippen molar-refractivity contribution in [2.24, 2.45) is 0 Å². The van der Waals surface area contributed by atoms with Crippen molar-refractivity contribution in [3.63, 3.8) is 0 Å². The molecule has 0 amide bonds. The molecule has 0 atom stereocenters. The van der Waals surface area contributed by atoms with Crippen LogP contribution in [0.15, 0.2) is 36.5 Å². The second kappa shape index (κ2) is 5.36. The SMILES string of the molecule is OCc1ccc(Oc2cc(Cl)cc(Cl)c2)nc1. The third-order valence-corrected chi connectivity index (χ3v) is 2.48. The Bertz CT molecular complexity index is 494. The van der Waals surface area contributed by atoms with Gasteiger partial charge in [-0.25, -0.2) is 4.98 Å². The quantitative estimate of drug-likeness (QED) is 0.925. The van der Waals surface area contributed by atoms with Crippen molar-refractivity contribution in [1.82, 2.24) is 4.98 Å². The molecule has 0 spiro atoms. The fraction of sp³-hybridized carbons (Fsp3) is 0.0833. The monoisotopic (exact) mass is 269 g/mol. The fourth-order valence-electron chi connectivity index (χ4n) is 1.27. The average Bonchev–Trinajstić information content (AvgIpc) is 2.28. The van der Waals surface area contributed by atoms with Crippen molar-refractivity contribution < 1.29 is 9.84 Å². The van der Waals surface area contributed by atoms with Crippen LogP contribution in [0.1, 0.15) is 5.56 Å². The van der Waals surface area contributed by atoms with Crippen LogP contribution >= 0.6 is 23.2 Å². The van der Waals surface area contributed by atoms with E-state index in [0.717, 1.165) is 5.56 Å². The zero-order valence-electron chi connectivity index (χ0n) is 8.73. The second-order valence-electron chi connectivity index (χ2n) is 3.37. The number of hydrogen-bond donors (Lipinski definition) is 1. The topological polar surface area (TPSA) is 42.4 Å². The van der Waals surface area contributed by atoms with E-state index in [-0.39, 0.29) is 6.61 Å². The number of nitrogens with zero attached hydrogens (tertiary/aromatic N) is 1. The summed E-state index contributed by atoms with van der Waals surface area (Å²) in [6.45, 7) is -0.0454. The van der Waals surface area contributed by atoms with Crippen molar-refractivity contribution in [1.29, 1.82) is 0 Å². The molecule has 0 fully saturated rings. The molecule has 0 aliphatic rings. The number of rotatable bonds is 3. The lowest BCUT2D eigenvalue weighted by atomic mass is 10.3. The molecule has 0 saturated carbocycles. The highest BCUT2D eigenvalue weighted by Gasteiger charge is 2.02. The fourth-order valence-corrected chi connectivity index (χ4v) is 1.78. The summed E-state index contributed by atoms with van der Waals surface area (Å²) in [6, 6.07) is 8.32. The van der Waals surface area contributed by atoms with Crippen molar-refractivity contribution in [2.45, 2.75) is 6.61 Å². The van der Waals surface area contributed by atoms with Gasteiger partial charge >= 0.3 is 0 Å². The number of halogens is 2. The van der Waals surface area contributed by atoms with E-state index in [1.54, 1.807) is 36.5 Å². The second-order valence-corrected chi connectivity index (χ2v) is 4.24. The molecule has 1 aromatic heterocycles. The summed E-state index contributed by atoms with van der Waals surface area (Å²) in [5, 5.41) is 9.87. The first-order valence-corrected chi connectivity index (χ1v) is 5.63. The summed E-state index contributed by atoms with van der Waals surface area (Å²) in [5.74, 6) is 0.937. The smallest absolute Gasteiger partial charge is 0.219 e. The third kappa shape index (κ3) is 3.33. The summed E-state index contributed by atoms with van der Waals surface area (Å²) in [4.78, 5) is 4.04. The Hall–Kier alpha value is -1.29. The number of aliphatic hydroxyl groups is 1. The van der Waals surface area contributed by atoms with Crippen LogP contribution in [0, 0.1) is 0 Å². The van der Waals surface area contributed by atoms with Crippen LogP contribution in [0.25, 0.3) is 0 Å². The molecule has 1 N–H and O–H groups in total. The summed E-state index contributed by atoms with van der Waals surface area (Å²) in [5.41, 5.74) is 0.724. The molecular weight excluding hydrogens is 261 g/mol. The first-order chi connectivity index (χ1) is 8.17. The molecule has 3 nitrogen and oxygen atoms in total. The highest BCUT2D eigenvalue weighted by atomic mass is 35.5. The lowest BCUT2D eigenvalue weighted by molar-refractivity contribution is 0.281. The number of benzene rings is 1. The summed E-state index contributed by atoms with van der Waals surface area (Å²) in [6.07, 6.45) is 1.54. The summed E-state index contributed by atoms with van der Waals surface area (Å²) >= 11 is 11.7. The van der Waals surface area contributed by atoms with Gasteiger partial charge in [0.25, 0.3) is 0 Å². The highest BCUT2D eigenvalue weighted by molar-refractivity contribution is 6.34. The number of pyridine rings is 1. The van der Waals surface area contributed by atoms with E-state index in [1.807, 2.05) is 0 Å². The Kier molecular flexibility index (Phi) is 3.84. The number of aliphatic hydroxyl groups excluding tert-OH is 1. The molecule has 0 saturated heterocycles. The predicted octanol–water partition coefficient (Wildman–Crippen LogP) is 3.67. The van der Waals surface area contributed by atoms with Crippen molar-refractivity contribution >= 4 is 23.2 Å². The van der Waals surface area contributed by atoms with Gasteiger partial charge in [0.15, 0.2) is 0 Å². The van der Waals surface area contributed by atoms with Crippen LogP contribution in [0.3, 0.4) is 0 Å². The molecule has 17 heavy (non-hydrogen) atoms. The Morgan fingerprint density at radius 2 is 1.82 bits per heavy atom. The molecule has 0 aliphatic carbocycles. The van der Waals surface area contributed by atoms with E-state index >= 15 is 0 Å². The summed E-state index contributed by atoms with van der Waals surface area (Å²) < 4.78 is 5.48. The highest BCUT2D eigenvalue weighted by Crippen LogP contribution is 2.27. The Morgan fingerprint density at radius 1 is 1.12 bits per heavy atom. The van der Waals surface area contributed by atoms with Gasteiger partial charge in [0.2, 0.25) is 5.88 Å². The minimum Gasteiger partial charge on any atom is -0.439 e. The molecule has 1 aromatic carbocycles. The molecule has 0 unspecified atom stereocenters. The minimum atomic E-state index is -0.0454. The van der Waals surface area contributed by atoms with Gasteiger partial charge in [0, 0.05) is 22.3 Å². The lowest BCUT2D eigenvalue weighted by Crippen LogP contribution is -1.90. The Balaban J connectivity index is 2.19. The van der Waals surface area contributed by atoms with Gasteiger partial charge in [-0.15, -0.1) is 0 Å². The maximum Gasteiger partial charge on any atom is 0.219 e. The molecule has 2 aromatic rings. The van der Waals surface area contributed by atoms with Gasteiger partial charge in [0.05, 0.1) is 6.61 Å². The largest absolute Gasteiger partial charge is 0.439 e. The van der Waals surface area contributed by atoms with Crippen LogP contribution in [-0.2, 0) is 6.61 Å². The first-order valence-electron chi connectivity index (χ1n) is 4.87. The maximum atomic E-state index is 8.88. The molecular formula is C12H9Cl2NO2. The van der Waals surface area contributed by atoms with Crippen LogP contribution in [0.5, 0.6) is 11.6 Å². The van der Waals surface area contributed by atoms with Gasteiger partial charge in [-0.05, 0) is 29.8 Å². The van der Waals surface area contributed by atoms with Crippen LogP contribution < -0.4 is 4.74 Å². The van der Waals surface area contributed by atoms with E-state index in [4.69, 9.17) is 33.0 Å². The van der Waals surface area contributed by atoms with Gasteiger partial charge < -0.3 is 9.84 Å². The van der Waals surface area contributed by atoms with Crippen LogP contribution in [-0.4, -0.2) is 10.1 Å². The average molecular weight is 270 g/mol. The molecule has 5 heteroatoms. The molecule has 0 aliphatic heterocycles. The van der Waals surface area contributed by atoms with E-state index in [0.29, 0.717) is 21.7 Å². The zero-order valence-corrected chi connectivity index (χ0v) is 10.2. The molecule has 1 heterocycles. The molecule has 2 rings (SSSR count). The number of ether oxygens (including phenoxy) is 1. The van der Waals surface area contributed by atoms with Crippen LogP contribution in [0.2, 0.25) is 10.0 Å². The third-order valence-electron chi connectivity index (χ3n) is 2.04. The molecule has 88 valence electrons. The van der Waals surface area contributed by atoms with Gasteiger partial charge in [-0.3, -0.25) is 0 Å². The van der Waals surface area contributed by atoms with Gasteiger partial charge in [-0.2, -0.15) is 0 Å². The molecule has 0 bridgehead atoms. The number of hydrogen-bond acceptors (Lipinski definition) is 3. The zero-order chi connectivity index (χ0) is 12.3. The normalized spacial score (nSPS) is 10.3. The minimum absolute atomic E-state index is 0.0454. The van der Waals surface area contributed by atoms with E-state index in [9.17, 15) is 0 Å². The Morgan fingerprint density at radius 3 is 2.35 bits per heavy atom. The van der Waals surface area contributed by atoms with Crippen molar-refractivity contribution in [2.75, 3.05) is 0 Å². The van der Waals surface area contributed by atoms with E-state index < -0.39 is 0 Å². The van der Waals surface area contributed by atoms with Gasteiger partial charge in [-0.1, -0.05) is 23.2 Å². The lowest BCUT2D eigenvalue weighted by Gasteiger charge is -2.06. The molecule has 0 radical (unpaired) electrons. The van der Waals surface area contributed by atoms with Crippen LogP contribution in [0.4, 0.5) is 0 Å².